The number of likely N-dealkylation sites (tertiary alicyclic amines) is 1. The van der Waals surface area contributed by atoms with Crippen LogP contribution in [0.15, 0.2) is 18.3 Å². The summed E-state index contributed by atoms with van der Waals surface area (Å²) in [5.74, 6) is 0.716. The minimum absolute atomic E-state index is 0.716. The molecule has 1 aromatic heterocycles. The lowest BCUT2D eigenvalue weighted by atomic mass is 10.1. The van der Waals surface area contributed by atoms with Gasteiger partial charge >= 0.3 is 0 Å². The van der Waals surface area contributed by atoms with Crippen molar-refractivity contribution < 1.29 is 4.74 Å². The van der Waals surface area contributed by atoms with Crippen molar-refractivity contribution >= 4 is 0 Å². The topological polar surface area (TPSA) is 25.4 Å². The summed E-state index contributed by atoms with van der Waals surface area (Å²) >= 11 is 0. The van der Waals surface area contributed by atoms with Crippen LogP contribution in [0, 0.1) is 12.8 Å². The van der Waals surface area contributed by atoms with Crippen molar-refractivity contribution in [2.45, 2.75) is 26.8 Å². The molecule has 1 aliphatic rings. The Morgan fingerprint density at radius 2 is 2.35 bits per heavy atom. The number of rotatable bonds is 5. The van der Waals surface area contributed by atoms with Gasteiger partial charge in [-0.05, 0) is 44.4 Å². The van der Waals surface area contributed by atoms with Crippen molar-refractivity contribution in [1.29, 1.82) is 0 Å². The van der Waals surface area contributed by atoms with Crippen LogP contribution >= 0.6 is 0 Å². The monoisotopic (exact) mass is 234 g/mol. The van der Waals surface area contributed by atoms with Gasteiger partial charge in [0.1, 0.15) is 0 Å². The molecule has 94 valence electrons. The zero-order valence-electron chi connectivity index (χ0n) is 10.9. The van der Waals surface area contributed by atoms with E-state index in [0.29, 0.717) is 5.92 Å². The van der Waals surface area contributed by atoms with Crippen LogP contribution in [0.3, 0.4) is 0 Å². The number of pyridine rings is 1. The molecule has 1 unspecified atom stereocenters. The van der Waals surface area contributed by atoms with Crippen molar-refractivity contribution in [1.82, 2.24) is 9.88 Å². The molecule has 0 radical (unpaired) electrons. The molecule has 0 spiro atoms. The van der Waals surface area contributed by atoms with Crippen molar-refractivity contribution in [2.24, 2.45) is 5.92 Å². The lowest BCUT2D eigenvalue weighted by Crippen LogP contribution is -2.21. The first-order valence-corrected chi connectivity index (χ1v) is 6.49. The summed E-state index contributed by atoms with van der Waals surface area (Å²) in [6.07, 6.45) is 3.25. The van der Waals surface area contributed by atoms with Crippen molar-refractivity contribution in [3.8, 4) is 0 Å². The standard InChI is InChI=1S/C14H22N2O/c1-3-17-11-14-6-7-16(10-14)9-13-5-4-12(2)15-8-13/h4-5,8,14H,3,6-7,9-11H2,1-2H3. The molecule has 0 amide bonds. The Morgan fingerprint density at radius 1 is 1.47 bits per heavy atom. The molecule has 0 bridgehead atoms. The first-order valence-electron chi connectivity index (χ1n) is 6.49. The summed E-state index contributed by atoms with van der Waals surface area (Å²) in [4.78, 5) is 6.83. The molecule has 2 heterocycles. The van der Waals surface area contributed by atoms with E-state index in [4.69, 9.17) is 4.74 Å². The highest BCUT2D eigenvalue weighted by Crippen LogP contribution is 2.18. The first-order chi connectivity index (χ1) is 8.28. The van der Waals surface area contributed by atoms with Crippen LogP contribution in [0.1, 0.15) is 24.6 Å². The number of hydrogen-bond donors (Lipinski definition) is 0. The van der Waals surface area contributed by atoms with Crippen LogP contribution in [-0.2, 0) is 11.3 Å². The zero-order chi connectivity index (χ0) is 12.1. The summed E-state index contributed by atoms with van der Waals surface area (Å²) in [5, 5.41) is 0. The third kappa shape index (κ3) is 3.79. The summed E-state index contributed by atoms with van der Waals surface area (Å²) < 4.78 is 5.49. The Labute approximate surface area is 104 Å². The number of aryl methyl sites for hydroxylation is 1. The van der Waals surface area contributed by atoms with Crippen LogP contribution < -0.4 is 0 Å². The van der Waals surface area contributed by atoms with Crippen LogP contribution in [0.25, 0.3) is 0 Å². The van der Waals surface area contributed by atoms with E-state index in [9.17, 15) is 0 Å². The third-order valence-corrected chi connectivity index (χ3v) is 3.31. The van der Waals surface area contributed by atoms with E-state index < -0.39 is 0 Å². The van der Waals surface area contributed by atoms with Crippen LogP contribution in [-0.4, -0.2) is 36.2 Å². The molecule has 1 atom stereocenters. The Balaban J connectivity index is 1.79. The number of nitrogens with zero attached hydrogens (tertiary/aromatic N) is 2. The second kappa shape index (κ2) is 6.12. The van der Waals surface area contributed by atoms with Gasteiger partial charge in [0, 0.05) is 31.6 Å². The van der Waals surface area contributed by atoms with Gasteiger partial charge in [0.2, 0.25) is 0 Å². The fourth-order valence-electron chi connectivity index (χ4n) is 2.33. The predicted molar refractivity (Wildman–Crippen MR) is 68.9 cm³/mol. The molecular formula is C14H22N2O. The van der Waals surface area contributed by atoms with Crippen molar-refractivity contribution in [3.63, 3.8) is 0 Å². The van der Waals surface area contributed by atoms with Crippen molar-refractivity contribution in [2.75, 3.05) is 26.3 Å². The highest BCUT2D eigenvalue weighted by molar-refractivity contribution is 5.13. The Hall–Kier alpha value is -0.930. The van der Waals surface area contributed by atoms with Gasteiger partial charge in [-0.3, -0.25) is 9.88 Å². The van der Waals surface area contributed by atoms with E-state index in [1.54, 1.807) is 0 Å². The van der Waals surface area contributed by atoms with E-state index in [0.717, 1.165) is 32.0 Å². The third-order valence-electron chi connectivity index (χ3n) is 3.31. The predicted octanol–water partition coefficient (Wildman–Crippen LogP) is 2.25. The summed E-state index contributed by atoms with van der Waals surface area (Å²) in [6, 6.07) is 4.27. The fraction of sp³-hybridized carbons (Fsp3) is 0.643. The first kappa shape index (κ1) is 12.5. The summed E-state index contributed by atoms with van der Waals surface area (Å²) in [5.41, 5.74) is 2.40. The lowest BCUT2D eigenvalue weighted by molar-refractivity contribution is 0.111. The normalized spacial score (nSPS) is 20.9. The van der Waals surface area contributed by atoms with Crippen LogP contribution in [0.2, 0.25) is 0 Å². The molecule has 0 aliphatic carbocycles. The quantitative estimate of drug-likeness (QED) is 0.781. The van der Waals surface area contributed by atoms with Gasteiger partial charge in [-0.2, -0.15) is 0 Å². The molecule has 1 saturated heterocycles. The minimum Gasteiger partial charge on any atom is -0.381 e. The molecule has 3 heteroatoms. The Kier molecular flexibility index (Phi) is 4.51. The molecule has 1 fully saturated rings. The highest BCUT2D eigenvalue weighted by Gasteiger charge is 2.22. The van der Waals surface area contributed by atoms with E-state index in [-0.39, 0.29) is 0 Å². The van der Waals surface area contributed by atoms with Gasteiger partial charge in [0.25, 0.3) is 0 Å². The smallest absolute Gasteiger partial charge is 0.0506 e. The molecule has 17 heavy (non-hydrogen) atoms. The van der Waals surface area contributed by atoms with E-state index in [1.165, 1.54) is 18.5 Å². The van der Waals surface area contributed by atoms with Gasteiger partial charge in [-0.15, -0.1) is 0 Å². The maximum Gasteiger partial charge on any atom is 0.0506 e. The zero-order valence-corrected chi connectivity index (χ0v) is 10.9. The fourth-order valence-corrected chi connectivity index (χ4v) is 2.33. The van der Waals surface area contributed by atoms with Gasteiger partial charge in [0.15, 0.2) is 0 Å². The molecule has 2 rings (SSSR count). The average Bonchev–Trinajstić information content (AvgIpc) is 2.77. The van der Waals surface area contributed by atoms with Gasteiger partial charge in [0.05, 0.1) is 6.61 Å². The van der Waals surface area contributed by atoms with Crippen LogP contribution in [0.4, 0.5) is 0 Å². The SMILES string of the molecule is CCOCC1CCN(Cc2ccc(C)nc2)C1. The molecule has 0 aromatic carbocycles. The summed E-state index contributed by atoms with van der Waals surface area (Å²) in [6.45, 7) is 9.20. The Bertz CT molecular complexity index is 337. The largest absolute Gasteiger partial charge is 0.381 e. The minimum atomic E-state index is 0.716. The second-order valence-electron chi connectivity index (χ2n) is 4.86. The van der Waals surface area contributed by atoms with E-state index >= 15 is 0 Å². The van der Waals surface area contributed by atoms with Crippen molar-refractivity contribution in [3.05, 3.63) is 29.6 Å². The van der Waals surface area contributed by atoms with Gasteiger partial charge < -0.3 is 4.74 Å². The number of hydrogen-bond acceptors (Lipinski definition) is 3. The summed E-state index contributed by atoms with van der Waals surface area (Å²) in [7, 11) is 0. The molecular weight excluding hydrogens is 212 g/mol. The maximum absolute atomic E-state index is 5.49. The van der Waals surface area contributed by atoms with Gasteiger partial charge in [-0.1, -0.05) is 6.07 Å². The second-order valence-corrected chi connectivity index (χ2v) is 4.86. The Morgan fingerprint density at radius 3 is 3.06 bits per heavy atom. The van der Waals surface area contributed by atoms with E-state index in [1.807, 2.05) is 13.1 Å². The maximum atomic E-state index is 5.49. The number of aromatic nitrogens is 1. The van der Waals surface area contributed by atoms with Gasteiger partial charge in [-0.25, -0.2) is 0 Å². The molecule has 1 aliphatic heterocycles. The highest BCUT2D eigenvalue weighted by atomic mass is 16.5. The molecule has 1 aromatic rings. The van der Waals surface area contributed by atoms with Crippen LogP contribution in [0.5, 0.6) is 0 Å². The number of ether oxygens (including phenoxy) is 1. The van der Waals surface area contributed by atoms with E-state index in [2.05, 4.69) is 28.9 Å². The average molecular weight is 234 g/mol. The lowest BCUT2D eigenvalue weighted by Gasteiger charge is -2.15. The molecule has 3 nitrogen and oxygen atoms in total. The molecule has 0 saturated carbocycles. The molecule has 0 N–H and O–H groups in total.